The molecule has 27 heavy (non-hydrogen) atoms. The van der Waals surface area contributed by atoms with Crippen molar-refractivity contribution in [3.05, 3.63) is 42.2 Å². The summed E-state index contributed by atoms with van der Waals surface area (Å²) in [4.78, 5) is 22.1. The van der Waals surface area contributed by atoms with Crippen LogP contribution < -0.4 is 10.5 Å². The highest BCUT2D eigenvalue weighted by molar-refractivity contribution is 7.52. The van der Waals surface area contributed by atoms with E-state index in [1.54, 1.807) is 10.9 Å². The topological polar surface area (TPSA) is 135 Å². The van der Waals surface area contributed by atoms with Gasteiger partial charge in [0.25, 0.3) is 0 Å². The van der Waals surface area contributed by atoms with E-state index in [9.17, 15) is 9.46 Å². The van der Waals surface area contributed by atoms with Crippen LogP contribution in [0.5, 0.6) is 5.88 Å². The second kappa shape index (κ2) is 8.45. The highest BCUT2D eigenvalue weighted by atomic mass is 31.2. The fourth-order valence-electron chi connectivity index (χ4n) is 2.37. The third-order valence-electron chi connectivity index (χ3n) is 3.65. The average Bonchev–Trinajstić information content (AvgIpc) is 3.06. The summed E-state index contributed by atoms with van der Waals surface area (Å²) in [6, 6.07) is 9.15. The average molecular weight is 393 g/mol. The number of nitrogens with zero attached hydrogens (tertiary/aromatic N) is 4. The summed E-state index contributed by atoms with van der Waals surface area (Å²) in [6.07, 6.45) is 1.14. The van der Waals surface area contributed by atoms with Gasteiger partial charge in [-0.25, -0.2) is 4.98 Å². The van der Waals surface area contributed by atoms with E-state index in [-0.39, 0.29) is 25.0 Å². The van der Waals surface area contributed by atoms with Crippen LogP contribution in [0.3, 0.4) is 0 Å². The maximum Gasteiger partial charge on any atom is 0.353 e. The molecule has 0 radical (unpaired) electrons. The van der Waals surface area contributed by atoms with Gasteiger partial charge in [0.15, 0.2) is 11.2 Å². The Labute approximate surface area is 155 Å². The molecule has 0 spiro atoms. The number of methoxy groups -OCH3 is 1. The monoisotopic (exact) mass is 393 g/mol. The molecule has 0 saturated heterocycles. The first-order valence-electron chi connectivity index (χ1n) is 8.09. The van der Waals surface area contributed by atoms with Gasteiger partial charge in [-0.2, -0.15) is 9.97 Å². The fraction of sp³-hybridized carbons (Fsp3) is 0.312. The fourth-order valence-corrected chi connectivity index (χ4v) is 3.16. The standard InChI is InChI=1S/C16H20N5O5P/c1-24-15-13-14(19-16(17)20-15)21(10-18-13)7-8-25-11-27(22,23)26-9-12-5-3-2-4-6-12/h2-6,10H,7-9,11H2,1H3,(H,22,23)(H2,17,19,20). The van der Waals surface area contributed by atoms with E-state index < -0.39 is 13.9 Å². The molecule has 10 nitrogen and oxygen atoms in total. The minimum Gasteiger partial charge on any atom is -0.479 e. The molecule has 0 saturated carbocycles. The molecule has 3 rings (SSSR count). The van der Waals surface area contributed by atoms with E-state index in [2.05, 4.69) is 15.0 Å². The summed E-state index contributed by atoms with van der Waals surface area (Å²) in [7, 11) is -2.38. The van der Waals surface area contributed by atoms with Gasteiger partial charge in [-0.3, -0.25) is 4.57 Å². The van der Waals surface area contributed by atoms with Gasteiger partial charge in [-0.1, -0.05) is 30.3 Å². The van der Waals surface area contributed by atoms with Crippen molar-refractivity contribution in [3.63, 3.8) is 0 Å². The van der Waals surface area contributed by atoms with Gasteiger partial charge < -0.3 is 29.2 Å². The summed E-state index contributed by atoms with van der Waals surface area (Å²) >= 11 is 0. The largest absolute Gasteiger partial charge is 0.479 e. The van der Waals surface area contributed by atoms with Crippen molar-refractivity contribution in [1.29, 1.82) is 0 Å². The number of hydrogen-bond acceptors (Lipinski definition) is 8. The Bertz CT molecular complexity index is 949. The molecule has 0 fully saturated rings. The number of hydrogen-bond donors (Lipinski definition) is 2. The van der Waals surface area contributed by atoms with Crippen LogP contribution in [0, 0.1) is 0 Å². The lowest BCUT2D eigenvalue weighted by Crippen LogP contribution is -2.08. The first-order chi connectivity index (χ1) is 13.0. The van der Waals surface area contributed by atoms with Crippen molar-refractivity contribution >= 4 is 24.7 Å². The third kappa shape index (κ3) is 5.01. The molecule has 0 aliphatic heterocycles. The summed E-state index contributed by atoms with van der Waals surface area (Å²) in [6.45, 7) is 0.561. The van der Waals surface area contributed by atoms with Crippen LogP contribution in [0.4, 0.5) is 5.95 Å². The second-order valence-corrected chi connectivity index (χ2v) is 7.43. The molecule has 2 aromatic heterocycles. The third-order valence-corrected chi connectivity index (χ3v) is 4.69. The summed E-state index contributed by atoms with van der Waals surface area (Å²) in [5.74, 6) is 0.350. The van der Waals surface area contributed by atoms with Crippen LogP contribution in [0.1, 0.15) is 5.56 Å². The molecular formula is C16H20N5O5P. The predicted octanol–water partition coefficient (Wildman–Crippen LogP) is 1.79. The van der Waals surface area contributed by atoms with E-state index in [0.717, 1.165) is 5.56 Å². The molecule has 1 unspecified atom stereocenters. The number of ether oxygens (including phenoxy) is 2. The number of benzene rings is 1. The minimum atomic E-state index is -3.85. The zero-order valence-electron chi connectivity index (χ0n) is 14.7. The number of fused-ring (bicyclic) bond motifs is 1. The first kappa shape index (κ1) is 19.2. The van der Waals surface area contributed by atoms with Gasteiger partial charge in [-0.15, -0.1) is 0 Å². The van der Waals surface area contributed by atoms with Crippen LogP contribution in [0.2, 0.25) is 0 Å². The van der Waals surface area contributed by atoms with Crippen molar-refractivity contribution in [2.75, 3.05) is 25.8 Å². The predicted molar refractivity (Wildman–Crippen MR) is 98.2 cm³/mol. The Balaban J connectivity index is 1.52. The number of imidazole rings is 1. The minimum absolute atomic E-state index is 0.0418. The molecule has 3 N–H and O–H groups in total. The molecule has 1 atom stereocenters. The van der Waals surface area contributed by atoms with Gasteiger partial charge >= 0.3 is 7.60 Å². The Morgan fingerprint density at radius 3 is 2.78 bits per heavy atom. The van der Waals surface area contributed by atoms with Crippen LogP contribution in [0.25, 0.3) is 11.2 Å². The highest BCUT2D eigenvalue weighted by Crippen LogP contribution is 2.42. The molecule has 3 aromatic rings. The van der Waals surface area contributed by atoms with Crippen LogP contribution in [-0.2, 0) is 27.0 Å². The molecular weight excluding hydrogens is 373 g/mol. The SMILES string of the molecule is COc1nc(N)nc2c1ncn2CCOCP(=O)(O)OCc1ccccc1. The normalized spacial score (nSPS) is 13.6. The van der Waals surface area contributed by atoms with Gasteiger partial charge in [0.05, 0.1) is 26.7 Å². The molecule has 0 amide bonds. The lowest BCUT2D eigenvalue weighted by Gasteiger charge is -2.13. The number of anilines is 1. The van der Waals surface area contributed by atoms with Gasteiger partial charge in [-0.05, 0) is 5.56 Å². The molecule has 144 valence electrons. The number of nitrogens with two attached hydrogens (primary N) is 1. The Morgan fingerprint density at radius 2 is 2.04 bits per heavy atom. The van der Waals surface area contributed by atoms with Crippen molar-refractivity contribution in [2.45, 2.75) is 13.2 Å². The second-order valence-electron chi connectivity index (χ2n) is 5.64. The van der Waals surface area contributed by atoms with E-state index >= 15 is 0 Å². The smallest absolute Gasteiger partial charge is 0.353 e. The van der Waals surface area contributed by atoms with Gasteiger partial charge in [0, 0.05) is 6.54 Å². The van der Waals surface area contributed by atoms with E-state index in [0.29, 0.717) is 17.7 Å². The maximum absolute atomic E-state index is 12.0. The van der Waals surface area contributed by atoms with Crippen molar-refractivity contribution in [3.8, 4) is 5.88 Å². The highest BCUT2D eigenvalue weighted by Gasteiger charge is 2.20. The molecule has 0 aliphatic rings. The van der Waals surface area contributed by atoms with Crippen molar-refractivity contribution in [2.24, 2.45) is 0 Å². The molecule has 11 heteroatoms. The summed E-state index contributed by atoms with van der Waals surface area (Å²) < 4.78 is 29.2. The van der Waals surface area contributed by atoms with Crippen LogP contribution >= 0.6 is 7.60 Å². The lowest BCUT2D eigenvalue weighted by atomic mass is 10.2. The maximum atomic E-state index is 12.0. The van der Waals surface area contributed by atoms with E-state index in [1.807, 2.05) is 30.3 Å². The van der Waals surface area contributed by atoms with Gasteiger partial charge in [0.2, 0.25) is 11.8 Å². The lowest BCUT2D eigenvalue weighted by molar-refractivity contribution is 0.136. The summed E-state index contributed by atoms with van der Waals surface area (Å²) in [5, 5.41) is 0. The Hall–Kier alpha value is -2.52. The number of nitrogen functional groups attached to an aromatic ring is 1. The zero-order valence-corrected chi connectivity index (χ0v) is 15.6. The molecule has 2 heterocycles. The van der Waals surface area contributed by atoms with Crippen LogP contribution in [-0.4, -0.2) is 44.5 Å². The first-order valence-corrected chi connectivity index (χ1v) is 9.85. The summed E-state index contributed by atoms with van der Waals surface area (Å²) in [5.41, 5.74) is 7.44. The van der Waals surface area contributed by atoms with Crippen molar-refractivity contribution < 1.29 is 23.5 Å². The van der Waals surface area contributed by atoms with Crippen LogP contribution in [0.15, 0.2) is 36.7 Å². The zero-order chi connectivity index (χ0) is 19.3. The quantitative estimate of drug-likeness (QED) is 0.412. The Kier molecular flexibility index (Phi) is 6.02. The van der Waals surface area contributed by atoms with Crippen molar-refractivity contribution in [1.82, 2.24) is 19.5 Å². The molecule has 1 aromatic carbocycles. The number of rotatable bonds is 9. The van der Waals surface area contributed by atoms with E-state index in [4.69, 9.17) is 19.7 Å². The number of aromatic nitrogens is 4. The van der Waals surface area contributed by atoms with Gasteiger partial charge in [0.1, 0.15) is 6.35 Å². The molecule has 0 bridgehead atoms. The Morgan fingerprint density at radius 1 is 1.26 bits per heavy atom. The molecule has 0 aliphatic carbocycles. The van der Waals surface area contributed by atoms with E-state index in [1.165, 1.54) is 7.11 Å².